The molecule has 1 aromatic heterocycles. The Bertz CT molecular complexity index is 831. The van der Waals surface area contributed by atoms with Crippen LogP contribution in [0.4, 0.5) is 4.79 Å². The normalized spacial score (nSPS) is 15.0. The molecule has 7 heteroatoms. The minimum atomic E-state index is -0.629. The number of aromatic nitrogens is 1. The molecule has 0 radical (unpaired) electrons. The van der Waals surface area contributed by atoms with Gasteiger partial charge in [-0.25, -0.2) is 9.59 Å². The lowest BCUT2D eigenvalue weighted by Gasteiger charge is -2.29. The summed E-state index contributed by atoms with van der Waals surface area (Å²) < 4.78 is 4.82. The molecule has 1 aliphatic heterocycles. The van der Waals surface area contributed by atoms with Crippen LogP contribution in [0.5, 0.6) is 0 Å². The van der Waals surface area contributed by atoms with Crippen LogP contribution >= 0.6 is 11.6 Å². The summed E-state index contributed by atoms with van der Waals surface area (Å²) in [4.78, 5) is 29.7. The number of amides is 2. The molecule has 0 aliphatic carbocycles. The summed E-state index contributed by atoms with van der Waals surface area (Å²) in [5.41, 5.74) is 3.24. The predicted molar refractivity (Wildman–Crippen MR) is 101 cm³/mol. The Labute approximate surface area is 157 Å². The van der Waals surface area contributed by atoms with E-state index >= 15 is 0 Å². The fourth-order valence-electron chi connectivity index (χ4n) is 3.45. The highest BCUT2D eigenvalue weighted by atomic mass is 35.5. The molecule has 2 heterocycles. The van der Waals surface area contributed by atoms with Crippen molar-refractivity contribution in [2.24, 2.45) is 5.92 Å². The summed E-state index contributed by atoms with van der Waals surface area (Å²) >= 11 is 6.11. The SMILES string of the molecule is COC(=O)[C@@H](CC(C)C)NC(=O)N1CCc2c([nH]c3ccc(Cl)cc23)C1. The van der Waals surface area contributed by atoms with Crippen LogP contribution in [-0.2, 0) is 22.5 Å². The first kappa shape index (κ1) is 18.6. The van der Waals surface area contributed by atoms with Gasteiger partial charge in [-0.1, -0.05) is 25.4 Å². The maximum atomic E-state index is 12.7. The topological polar surface area (TPSA) is 74.4 Å². The molecular formula is C19H24ClN3O3. The van der Waals surface area contributed by atoms with Gasteiger partial charge >= 0.3 is 12.0 Å². The minimum absolute atomic E-state index is 0.247. The number of nitrogens with zero attached hydrogens (tertiary/aromatic N) is 1. The van der Waals surface area contributed by atoms with Crippen LogP contribution in [0.1, 0.15) is 31.5 Å². The minimum Gasteiger partial charge on any atom is -0.467 e. The third-order valence-corrected chi connectivity index (χ3v) is 4.95. The van der Waals surface area contributed by atoms with Crippen molar-refractivity contribution in [3.63, 3.8) is 0 Å². The molecule has 140 valence electrons. The molecule has 2 amide bonds. The van der Waals surface area contributed by atoms with Gasteiger partial charge in [-0.3, -0.25) is 0 Å². The number of urea groups is 1. The number of methoxy groups -OCH3 is 1. The molecule has 0 spiro atoms. The van der Waals surface area contributed by atoms with Crippen LogP contribution in [-0.4, -0.2) is 41.6 Å². The molecule has 2 N–H and O–H groups in total. The number of esters is 1. The number of fused-ring (bicyclic) bond motifs is 3. The highest BCUT2D eigenvalue weighted by Gasteiger charge is 2.28. The zero-order chi connectivity index (χ0) is 18.8. The van der Waals surface area contributed by atoms with E-state index in [1.807, 2.05) is 32.0 Å². The number of rotatable bonds is 4. The monoisotopic (exact) mass is 377 g/mol. The Hall–Kier alpha value is -2.21. The maximum Gasteiger partial charge on any atom is 0.328 e. The van der Waals surface area contributed by atoms with E-state index in [0.717, 1.165) is 23.0 Å². The van der Waals surface area contributed by atoms with E-state index in [2.05, 4.69) is 10.3 Å². The second-order valence-electron chi connectivity index (χ2n) is 7.10. The number of hydrogen-bond acceptors (Lipinski definition) is 3. The van der Waals surface area contributed by atoms with Crippen LogP contribution < -0.4 is 5.32 Å². The van der Waals surface area contributed by atoms with Gasteiger partial charge in [0, 0.05) is 28.2 Å². The van der Waals surface area contributed by atoms with Gasteiger partial charge < -0.3 is 19.9 Å². The average molecular weight is 378 g/mol. The highest BCUT2D eigenvalue weighted by molar-refractivity contribution is 6.31. The molecule has 0 unspecified atom stereocenters. The molecule has 2 aromatic rings. The average Bonchev–Trinajstić information content (AvgIpc) is 2.96. The number of ether oxygens (including phenoxy) is 1. The molecule has 1 aliphatic rings. The maximum absolute atomic E-state index is 12.7. The van der Waals surface area contributed by atoms with Crippen LogP contribution in [0.3, 0.4) is 0 Å². The quantitative estimate of drug-likeness (QED) is 0.801. The van der Waals surface area contributed by atoms with Gasteiger partial charge in [0.2, 0.25) is 0 Å². The first-order valence-corrected chi connectivity index (χ1v) is 9.19. The largest absolute Gasteiger partial charge is 0.467 e. The summed E-state index contributed by atoms with van der Waals surface area (Å²) in [6.45, 7) is 5.08. The van der Waals surface area contributed by atoms with Crippen molar-refractivity contribution in [3.8, 4) is 0 Å². The molecule has 0 saturated carbocycles. The molecule has 3 rings (SSSR count). The summed E-state index contributed by atoms with van der Waals surface area (Å²) in [5.74, 6) is -0.143. The van der Waals surface area contributed by atoms with Gasteiger partial charge in [0.05, 0.1) is 13.7 Å². The lowest BCUT2D eigenvalue weighted by molar-refractivity contribution is -0.143. The number of hydrogen-bond donors (Lipinski definition) is 2. The molecule has 26 heavy (non-hydrogen) atoms. The van der Waals surface area contributed by atoms with Crippen molar-refractivity contribution in [3.05, 3.63) is 34.5 Å². The molecule has 0 bridgehead atoms. The number of halogens is 1. The van der Waals surface area contributed by atoms with E-state index in [1.165, 1.54) is 12.7 Å². The number of carbonyl (C=O) groups excluding carboxylic acids is 2. The van der Waals surface area contributed by atoms with Gasteiger partial charge in [-0.05, 0) is 42.5 Å². The summed E-state index contributed by atoms with van der Waals surface area (Å²) in [6.07, 6.45) is 1.29. The van der Waals surface area contributed by atoms with E-state index in [4.69, 9.17) is 16.3 Å². The lowest BCUT2D eigenvalue weighted by atomic mass is 10.0. The Morgan fingerprint density at radius 2 is 2.15 bits per heavy atom. The van der Waals surface area contributed by atoms with Gasteiger partial charge in [-0.15, -0.1) is 0 Å². The molecule has 1 atom stereocenters. The zero-order valence-corrected chi connectivity index (χ0v) is 16.0. The Balaban J connectivity index is 1.74. The van der Waals surface area contributed by atoms with Crippen molar-refractivity contribution < 1.29 is 14.3 Å². The van der Waals surface area contributed by atoms with Crippen molar-refractivity contribution in [2.45, 2.75) is 39.3 Å². The third kappa shape index (κ3) is 3.80. The van der Waals surface area contributed by atoms with E-state index in [0.29, 0.717) is 24.5 Å². The van der Waals surface area contributed by atoms with Crippen molar-refractivity contribution in [2.75, 3.05) is 13.7 Å². The van der Waals surface area contributed by atoms with Crippen LogP contribution in [0.15, 0.2) is 18.2 Å². The third-order valence-electron chi connectivity index (χ3n) is 4.71. The van der Waals surface area contributed by atoms with Crippen LogP contribution in [0.25, 0.3) is 10.9 Å². The Morgan fingerprint density at radius 3 is 2.85 bits per heavy atom. The van der Waals surface area contributed by atoms with Crippen molar-refractivity contribution >= 4 is 34.5 Å². The molecule has 1 aromatic carbocycles. The first-order valence-electron chi connectivity index (χ1n) is 8.81. The van der Waals surface area contributed by atoms with Gasteiger partial charge in [0.1, 0.15) is 6.04 Å². The summed E-state index contributed by atoms with van der Waals surface area (Å²) in [6, 6.07) is 4.89. The van der Waals surface area contributed by atoms with Crippen LogP contribution in [0, 0.1) is 5.92 Å². The fraction of sp³-hybridized carbons (Fsp3) is 0.474. The second-order valence-corrected chi connectivity index (χ2v) is 7.53. The van der Waals surface area contributed by atoms with Gasteiger partial charge in [-0.2, -0.15) is 0 Å². The standard InChI is InChI=1S/C19H24ClN3O3/c1-11(2)8-16(18(24)26-3)22-19(25)23-7-6-13-14-9-12(20)4-5-15(14)21-17(13)10-23/h4-5,9,11,16,21H,6-8,10H2,1-3H3,(H,22,25)/t16-/m1/s1. The summed E-state index contributed by atoms with van der Waals surface area (Å²) in [7, 11) is 1.34. The number of nitrogens with one attached hydrogen (secondary N) is 2. The van der Waals surface area contributed by atoms with Gasteiger partial charge in [0.15, 0.2) is 0 Å². The van der Waals surface area contributed by atoms with E-state index in [-0.39, 0.29) is 11.9 Å². The summed E-state index contributed by atoms with van der Waals surface area (Å²) in [5, 5.41) is 4.63. The second kappa shape index (κ2) is 7.58. The fourth-order valence-corrected chi connectivity index (χ4v) is 3.63. The van der Waals surface area contributed by atoms with E-state index in [9.17, 15) is 9.59 Å². The number of aromatic amines is 1. The lowest BCUT2D eigenvalue weighted by Crippen LogP contribution is -2.50. The Morgan fingerprint density at radius 1 is 1.38 bits per heavy atom. The van der Waals surface area contributed by atoms with E-state index < -0.39 is 12.0 Å². The van der Waals surface area contributed by atoms with Gasteiger partial charge in [0.25, 0.3) is 0 Å². The molecule has 6 nitrogen and oxygen atoms in total. The first-order chi connectivity index (χ1) is 12.4. The molecular weight excluding hydrogens is 354 g/mol. The number of H-pyrrole nitrogens is 1. The molecule has 0 saturated heterocycles. The highest BCUT2D eigenvalue weighted by Crippen LogP contribution is 2.29. The van der Waals surface area contributed by atoms with E-state index in [1.54, 1.807) is 4.90 Å². The zero-order valence-electron chi connectivity index (χ0n) is 15.3. The number of benzene rings is 1. The predicted octanol–water partition coefficient (Wildman–Crippen LogP) is 3.48. The molecule has 0 fully saturated rings. The Kier molecular flexibility index (Phi) is 5.41. The number of carbonyl (C=O) groups is 2. The van der Waals surface area contributed by atoms with Crippen molar-refractivity contribution in [1.29, 1.82) is 0 Å². The van der Waals surface area contributed by atoms with Crippen LogP contribution in [0.2, 0.25) is 5.02 Å². The smallest absolute Gasteiger partial charge is 0.328 e. The van der Waals surface area contributed by atoms with Crippen molar-refractivity contribution in [1.82, 2.24) is 15.2 Å².